The van der Waals surface area contributed by atoms with Gasteiger partial charge < -0.3 is 11.5 Å². The Morgan fingerprint density at radius 3 is 2.43 bits per heavy atom. The first-order valence-electron chi connectivity index (χ1n) is 5.12. The Morgan fingerprint density at radius 1 is 1.36 bits per heavy atom. The van der Waals surface area contributed by atoms with E-state index >= 15 is 0 Å². The molecule has 0 saturated heterocycles. The summed E-state index contributed by atoms with van der Waals surface area (Å²) in [6.07, 6.45) is 1.11. The first-order valence-corrected chi connectivity index (χ1v) is 6.00. The molecule has 1 aromatic heterocycles. The quantitative estimate of drug-likeness (QED) is 0.781. The Morgan fingerprint density at radius 2 is 2.00 bits per heavy atom. The van der Waals surface area contributed by atoms with Crippen LogP contribution < -0.4 is 11.5 Å². The van der Waals surface area contributed by atoms with Gasteiger partial charge in [0.25, 0.3) is 0 Å². The van der Waals surface area contributed by atoms with Gasteiger partial charge in [-0.15, -0.1) is 11.3 Å². The third-order valence-corrected chi connectivity index (χ3v) is 3.93. The maximum absolute atomic E-state index is 5.67. The Kier molecular flexibility index (Phi) is 4.58. The second-order valence-electron chi connectivity index (χ2n) is 3.94. The minimum Gasteiger partial charge on any atom is -0.330 e. The van der Waals surface area contributed by atoms with E-state index in [9.17, 15) is 0 Å². The molecule has 0 aromatic carbocycles. The molecule has 1 rings (SSSR count). The fourth-order valence-electron chi connectivity index (χ4n) is 1.63. The number of thiophene rings is 1. The molecule has 14 heavy (non-hydrogen) atoms. The van der Waals surface area contributed by atoms with Gasteiger partial charge in [0.1, 0.15) is 0 Å². The Hall–Kier alpha value is -0.380. The van der Waals surface area contributed by atoms with Crippen molar-refractivity contribution >= 4 is 11.3 Å². The van der Waals surface area contributed by atoms with Gasteiger partial charge in [0, 0.05) is 4.88 Å². The SMILES string of the molecule is Cc1ccsc1CC(C)C(CN)CN. The number of nitrogens with two attached hydrogens (primary N) is 2. The second kappa shape index (κ2) is 5.49. The van der Waals surface area contributed by atoms with Crippen molar-refractivity contribution in [1.29, 1.82) is 0 Å². The Labute approximate surface area is 90.3 Å². The molecule has 0 radical (unpaired) electrons. The van der Waals surface area contributed by atoms with Crippen LogP contribution in [0.3, 0.4) is 0 Å². The van der Waals surface area contributed by atoms with E-state index in [0.717, 1.165) is 6.42 Å². The van der Waals surface area contributed by atoms with Gasteiger partial charge in [-0.2, -0.15) is 0 Å². The van der Waals surface area contributed by atoms with Gasteiger partial charge in [0.05, 0.1) is 0 Å². The minimum atomic E-state index is 0.455. The van der Waals surface area contributed by atoms with E-state index in [1.165, 1.54) is 10.4 Å². The fraction of sp³-hybridized carbons (Fsp3) is 0.636. The lowest BCUT2D eigenvalue weighted by Gasteiger charge is -2.20. The summed E-state index contributed by atoms with van der Waals surface area (Å²) in [5, 5.41) is 2.15. The van der Waals surface area contributed by atoms with Crippen LogP contribution in [0, 0.1) is 18.8 Å². The van der Waals surface area contributed by atoms with Gasteiger partial charge >= 0.3 is 0 Å². The van der Waals surface area contributed by atoms with Crippen molar-refractivity contribution in [3.63, 3.8) is 0 Å². The molecular weight excluding hydrogens is 192 g/mol. The maximum atomic E-state index is 5.67. The van der Waals surface area contributed by atoms with Crippen LogP contribution >= 0.6 is 11.3 Å². The van der Waals surface area contributed by atoms with E-state index in [2.05, 4.69) is 25.3 Å². The highest BCUT2D eigenvalue weighted by Crippen LogP contribution is 2.22. The summed E-state index contributed by atoms with van der Waals surface area (Å²) in [6, 6.07) is 2.17. The molecule has 0 fully saturated rings. The summed E-state index contributed by atoms with van der Waals surface area (Å²) in [5.74, 6) is 1.04. The number of rotatable bonds is 5. The largest absolute Gasteiger partial charge is 0.330 e. The van der Waals surface area contributed by atoms with Gasteiger partial charge in [0.2, 0.25) is 0 Å². The van der Waals surface area contributed by atoms with Crippen molar-refractivity contribution in [2.45, 2.75) is 20.3 Å². The highest BCUT2D eigenvalue weighted by Gasteiger charge is 2.15. The van der Waals surface area contributed by atoms with Gasteiger partial charge in [-0.1, -0.05) is 6.92 Å². The third-order valence-electron chi connectivity index (χ3n) is 2.89. The van der Waals surface area contributed by atoms with Crippen molar-refractivity contribution in [1.82, 2.24) is 0 Å². The van der Waals surface area contributed by atoms with Crippen LogP contribution in [0.15, 0.2) is 11.4 Å². The molecule has 1 unspecified atom stereocenters. The zero-order valence-electron chi connectivity index (χ0n) is 8.99. The van der Waals surface area contributed by atoms with E-state index in [1.54, 1.807) is 0 Å². The summed E-state index contributed by atoms with van der Waals surface area (Å²) in [7, 11) is 0. The van der Waals surface area contributed by atoms with Crippen LogP contribution in [0.1, 0.15) is 17.4 Å². The van der Waals surface area contributed by atoms with E-state index < -0.39 is 0 Å². The average molecular weight is 212 g/mol. The van der Waals surface area contributed by atoms with E-state index in [4.69, 9.17) is 11.5 Å². The van der Waals surface area contributed by atoms with Gasteiger partial charge in [0.15, 0.2) is 0 Å². The van der Waals surface area contributed by atoms with Crippen LogP contribution in [-0.2, 0) is 6.42 Å². The first-order chi connectivity index (χ1) is 6.69. The topological polar surface area (TPSA) is 52.0 Å². The fourth-order valence-corrected chi connectivity index (χ4v) is 2.68. The summed E-state index contributed by atoms with van der Waals surface area (Å²) in [6.45, 7) is 5.80. The summed E-state index contributed by atoms with van der Waals surface area (Å²) >= 11 is 1.83. The van der Waals surface area contributed by atoms with Crippen LogP contribution in [-0.4, -0.2) is 13.1 Å². The molecule has 0 aliphatic rings. The van der Waals surface area contributed by atoms with Crippen molar-refractivity contribution in [2.75, 3.05) is 13.1 Å². The molecule has 1 aromatic rings. The molecule has 0 amide bonds. The van der Waals surface area contributed by atoms with Crippen LogP contribution in [0.25, 0.3) is 0 Å². The summed E-state index contributed by atoms with van der Waals surface area (Å²) in [4.78, 5) is 1.48. The van der Waals surface area contributed by atoms with Crippen molar-refractivity contribution < 1.29 is 0 Å². The Balaban J connectivity index is 2.56. The van der Waals surface area contributed by atoms with E-state index in [1.807, 2.05) is 11.3 Å². The molecule has 3 heteroatoms. The smallest absolute Gasteiger partial charge is 0.00771 e. The third kappa shape index (κ3) is 2.80. The average Bonchev–Trinajstić information content (AvgIpc) is 2.54. The predicted octanol–water partition coefficient (Wildman–Crippen LogP) is 1.77. The van der Waals surface area contributed by atoms with Gasteiger partial charge in [-0.05, 0) is 55.3 Å². The van der Waals surface area contributed by atoms with Crippen LogP contribution in [0.5, 0.6) is 0 Å². The lowest BCUT2D eigenvalue weighted by Crippen LogP contribution is -2.30. The van der Waals surface area contributed by atoms with Crippen LogP contribution in [0.4, 0.5) is 0 Å². The molecule has 0 aliphatic heterocycles. The molecule has 2 nitrogen and oxygen atoms in total. The Bertz CT molecular complexity index is 266. The number of hydrogen-bond donors (Lipinski definition) is 2. The molecule has 80 valence electrons. The zero-order chi connectivity index (χ0) is 10.6. The standard InChI is InChI=1S/C11H20N2S/c1-8-3-4-14-11(8)5-9(2)10(6-12)7-13/h3-4,9-10H,5-7,12-13H2,1-2H3. The lowest BCUT2D eigenvalue weighted by molar-refractivity contribution is 0.374. The van der Waals surface area contributed by atoms with Crippen molar-refractivity contribution in [2.24, 2.45) is 23.3 Å². The molecule has 0 aliphatic carbocycles. The molecule has 1 heterocycles. The highest BCUT2D eigenvalue weighted by atomic mass is 32.1. The maximum Gasteiger partial charge on any atom is 0.00771 e. The molecule has 0 bridgehead atoms. The van der Waals surface area contributed by atoms with Crippen molar-refractivity contribution in [3.05, 3.63) is 21.9 Å². The lowest BCUT2D eigenvalue weighted by atomic mass is 9.90. The highest BCUT2D eigenvalue weighted by molar-refractivity contribution is 7.10. The summed E-state index contributed by atoms with van der Waals surface area (Å²) in [5.41, 5.74) is 12.7. The molecule has 0 saturated carbocycles. The summed E-state index contributed by atoms with van der Waals surface area (Å²) < 4.78 is 0. The van der Waals surface area contributed by atoms with Crippen LogP contribution in [0.2, 0.25) is 0 Å². The first kappa shape index (κ1) is 11.7. The van der Waals surface area contributed by atoms with Gasteiger partial charge in [-0.3, -0.25) is 0 Å². The predicted molar refractivity (Wildman–Crippen MR) is 63.5 cm³/mol. The number of aryl methyl sites for hydroxylation is 1. The zero-order valence-corrected chi connectivity index (χ0v) is 9.81. The minimum absolute atomic E-state index is 0.455. The van der Waals surface area contributed by atoms with Crippen molar-refractivity contribution in [3.8, 4) is 0 Å². The van der Waals surface area contributed by atoms with Gasteiger partial charge in [-0.25, -0.2) is 0 Å². The van der Waals surface area contributed by atoms with E-state index in [0.29, 0.717) is 24.9 Å². The molecule has 4 N–H and O–H groups in total. The molecule has 0 spiro atoms. The normalized spacial score (nSPS) is 13.5. The molecular formula is C11H20N2S. The number of hydrogen-bond acceptors (Lipinski definition) is 3. The molecule has 1 atom stereocenters. The monoisotopic (exact) mass is 212 g/mol. The second-order valence-corrected chi connectivity index (χ2v) is 4.94. The van der Waals surface area contributed by atoms with E-state index in [-0.39, 0.29) is 0 Å².